The topological polar surface area (TPSA) is 38.8 Å². The molecule has 1 aromatic rings. The number of ether oxygens (including phenoxy) is 2. The van der Waals surface area contributed by atoms with E-state index >= 15 is 0 Å². The van der Waals surface area contributed by atoms with Crippen molar-refractivity contribution in [1.82, 2.24) is 4.90 Å². The van der Waals surface area contributed by atoms with Crippen LogP contribution in [0, 0.1) is 12.3 Å². The molecule has 1 atom stereocenters. The minimum absolute atomic E-state index is 0.0469. The number of hydrogen-bond donors (Lipinski definition) is 0. The number of nitrogens with zero attached hydrogens (tertiary/aromatic N) is 1. The van der Waals surface area contributed by atoms with Gasteiger partial charge in [0.25, 0.3) is 0 Å². The van der Waals surface area contributed by atoms with Gasteiger partial charge in [-0.1, -0.05) is 75.8 Å². The van der Waals surface area contributed by atoms with Gasteiger partial charge in [-0.2, -0.15) is 0 Å². The van der Waals surface area contributed by atoms with Gasteiger partial charge in [0.1, 0.15) is 13.3 Å². The van der Waals surface area contributed by atoms with Crippen LogP contribution in [0.3, 0.4) is 0 Å². The van der Waals surface area contributed by atoms with Crippen molar-refractivity contribution in [1.29, 1.82) is 0 Å². The lowest BCUT2D eigenvalue weighted by Crippen LogP contribution is -2.41. The molecule has 0 aromatic heterocycles. The summed E-state index contributed by atoms with van der Waals surface area (Å²) in [5.74, 6) is 2.69. The molecule has 0 aliphatic heterocycles. The number of rotatable bonds is 13. The molecular formula is C22H33NO3. The molecule has 4 nitrogen and oxygen atoms in total. The first-order valence-electron chi connectivity index (χ1n) is 9.62. The summed E-state index contributed by atoms with van der Waals surface area (Å²) < 4.78 is 10.7. The maximum atomic E-state index is 12.6. The van der Waals surface area contributed by atoms with Crippen molar-refractivity contribution in [3.63, 3.8) is 0 Å². The van der Waals surface area contributed by atoms with Gasteiger partial charge in [0.05, 0.1) is 0 Å². The maximum Gasteiger partial charge on any atom is 0.412 e. The standard InChI is InChI=1S/C22H33NO3/c1-4-6-7-8-9-13-17-21(14-5-2)23(19-25-3)22(24)26-18-20-15-11-10-12-16-20/h2,10-12,15-16,21H,4,6-9,13-14,17-19H2,1,3H3. The van der Waals surface area contributed by atoms with E-state index in [0.29, 0.717) is 6.42 Å². The highest BCUT2D eigenvalue weighted by Crippen LogP contribution is 2.17. The molecule has 26 heavy (non-hydrogen) atoms. The molecule has 1 amide bonds. The number of carbonyl (C=O) groups is 1. The molecule has 1 aromatic carbocycles. The van der Waals surface area contributed by atoms with Gasteiger partial charge in [-0.05, 0) is 12.0 Å². The van der Waals surface area contributed by atoms with Crippen LogP contribution in [0.2, 0.25) is 0 Å². The van der Waals surface area contributed by atoms with Crippen molar-refractivity contribution < 1.29 is 14.3 Å². The Bertz CT molecular complexity index is 524. The molecule has 0 heterocycles. The molecule has 144 valence electrons. The monoisotopic (exact) mass is 359 g/mol. The fourth-order valence-corrected chi connectivity index (χ4v) is 2.91. The van der Waals surface area contributed by atoms with E-state index in [0.717, 1.165) is 18.4 Å². The van der Waals surface area contributed by atoms with E-state index in [1.54, 1.807) is 12.0 Å². The third-order valence-electron chi connectivity index (χ3n) is 4.39. The molecule has 0 fully saturated rings. The zero-order chi connectivity index (χ0) is 19.0. The normalized spacial score (nSPS) is 11.6. The van der Waals surface area contributed by atoms with E-state index in [-0.39, 0.29) is 25.5 Å². The van der Waals surface area contributed by atoms with Gasteiger partial charge in [0.15, 0.2) is 0 Å². The maximum absolute atomic E-state index is 12.6. The Balaban J connectivity index is 2.54. The Morgan fingerprint density at radius 2 is 1.85 bits per heavy atom. The molecular weight excluding hydrogens is 326 g/mol. The van der Waals surface area contributed by atoms with E-state index in [4.69, 9.17) is 15.9 Å². The SMILES string of the molecule is C#CCC(CCCCCCCC)N(COC)C(=O)OCc1ccccc1. The van der Waals surface area contributed by atoms with Crippen molar-refractivity contribution in [2.45, 2.75) is 70.9 Å². The van der Waals surface area contributed by atoms with Crippen molar-refractivity contribution in [3.8, 4) is 12.3 Å². The molecule has 1 unspecified atom stereocenters. The lowest BCUT2D eigenvalue weighted by atomic mass is 10.0. The highest BCUT2D eigenvalue weighted by atomic mass is 16.6. The molecule has 0 bridgehead atoms. The Labute approximate surface area is 158 Å². The predicted octanol–water partition coefficient (Wildman–Crippen LogP) is 5.37. The van der Waals surface area contributed by atoms with Gasteiger partial charge in [0.2, 0.25) is 0 Å². The summed E-state index contributed by atoms with van der Waals surface area (Å²) in [6, 6.07) is 9.61. The summed E-state index contributed by atoms with van der Waals surface area (Å²) in [6.07, 6.45) is 13.8. The van der Waals surface area contributed by atoms with Gasteiger partial charge < -0.3 is 9.47 Å². The summed E-state index contributed by atoms with van der Waals surface area (Å²) in [4.78, 5) is 14.2. The zero-order valence-corrected chi connectivity index (χ0v) is 16.3. The molecule has 0 N–H and O–H groups in total. The second kappa shape index (κ2) is 14.2. The Morgan fingerprint density at radius 3 is 2.50 bits per heavy atom. The molecule has 0 aliphatic rings. The highest BCUT2D eigenvalue weighted by Gasteiger charge is 2.24. The summed E-state index contributed by atoms with van der Waals surface area (Å²) in [7, 11) is 1.58. The van der Waals surface area contributed by atoms with Crippen LogP contribution in [0.5, 0.6) is 0 Å². The lowest BCUT2D eigenvalue weighted by Gasteiger charge is -2.29. The van der Waals surface area contributed by atoms with Crippen molar-refractivity contribution in [2.75, 3.05) is 13.8 Å². The lowest BCUT2D eigenvalue weighted by molar-refractivity contribution is 0.0160. The quantitative estimate of drug-likeness (QED) is 0.270. The van der Waals surface area contributed by atoms with Gasteiger partial charge in [-0.25, -0.2) is 4.79 Å². The summed E-state index contributed by atoms with van der Waals surface area (Å²) in [5, 5.41) is 0. The van der Waals surface area contributed by atoms with Gasteiger partial charge in [-0.15, -0.1) is 12.3 Å². The molecule has 0 spiro atoms. The minimum Gasteiger partial charge on any atom is -0.444 e. The fraction of sp³-hybridized carbons (Fsp3) is 0.591. The largest absolute Gasteiger partial charge is 0.444 e. The highest BCUT2D eigenvalue weighted by molar-refractivity contribution is 5.68. The zero-order valence-electron chi connectivity index (χ0n) is 16.3. The van der Waals surface area contributed by atoms with Crippen molar-refractivity contribution >= 4 is 6.09 Å². The number of unbranched alkanes of at least 4 members (excludes halogenated alkanes) is 5. The van der Waals surface area contributed by atoms with Crippen LogP contribution in [0.15, 0.2) is 30.3 Å². The van der Waals surface area contributed by atoms with Crippen LogP contribution in [0.4, 0.5) is 4.79 Å². The first-order valence-corrected chi connectivity index (χ1v) is 9.62. The summed E-state index contributed by atoms with van der Waals surface area (Å²) >= 11 is 0. The van der Waals surface area contributed by atoms with Crippen LogP contribution < -0.4 is 0 Å². The van der Waals surface area contributed by atoms with Crippen LogP contribution in [0.1, 0.15) is 63.9 Å². The number of hydrogen-bond acceptors (Lipinski definition) is 3. The number of carbonyl (C=O) groups excluding carboxylic acids is 1. The Kier molecular flexibility index (Phi) is 12.1. The molecule has 0 aliphatic carbocycles. The van der Waals surface area contributed by atoms with Gasteiger partial charge >= 0.3 is 6.09 Å². The third kappa shape index (κ3) is 8.92. The summed E-state index contributed by atoms with van der Waals surface area (Å²) in [6.45, 7) is 2.65. The number of benzene rings is 1. The van der Waals surface area contributed by atoms with Crippen molar-refractivity contribution in [2.24, 2.45) is 0 Å². The van der Waals surface area contributed by atoms with Crippen LogP contribution in [0.25, 0.3) is 0 Å². The number of methoxy groups -OCH3 is 1. The minimum atomic E-state index is -0.373. The molecule has 1 rings (SSSR count). The van der Waals surface area contributed by atoms with Crippen molar-refractivity contribution in [3.05, 3.63) is 35.9 Å². The Hall–Kier alpha value is -1.99. The molecule has 0 radical (unpaired) electrons. The first kappa shape index (κ1) is 22.1. The second-order valence-corrected chi connectivity index (χ2v) is 6.55. The van der Waals surface area contributed by atoms with Crippen LogP contribution in [-0.2, 0) is 16.1 Å². The van der Waals surface area contributed by atoms with E-state index in [2.05, 4.69) is 12.8 Å². The van der Waals surface area contributed by atoms with E-state index in [1.807, 2.05) is 30.3 Å². The van der Waals surface area contributed by atoms with Crippen LogP contribution in [-0.4, -0.2) is 30.9 Å². The van der Waals surface area contributed by atoms with Crippen LogP contribution >= 0.6 is 0 Å². The first-order chi connectivity index (χ1) is 12.7. The van der Waals surface area contributed by atoms with E-state index in [1.165, 1.54) is 32.1 Å². The predicted molar refractivity (Wildman–Crippen MR) is 106 cm³/mol. The second-order valence-electron chi connectivity index (χ2n) is 6.55. The Morgan fingerprint density at radius 1 is 1.15 bits per heavy atom. The molecule has 0 saturated heterocycles. The summed E-state index contributed by atoms with van der Waals surface area (Å²) in [5.41, 5.74) is 0.961. The average Bonchev–Trinajstić information content (AvgIpc) is 2.67. The molecule has 0 saturated carbocycles. The number of amides is 1. The fourth-order valence-electron chi connectivity index (χ4n) is 2.91. The smallest absolute Gasteiger partial charge is 0.412 e. The van der Waals surface area contributed by atoms with E-state index in [9.17, 15) is 4.79 Å². The average molecular weight is 360 g/mol. The third-order valence-corrected chi connectivity index (χ3v) is 4.39. The van der Waals surface area contributed by atoms with E-state index < -0.39 is 0 Å². The molecule has 4 heteroatoms. The number of terminal acetylenes is 1. The van der Waals surface area contributed by atoms with Gasteiger partial charge in [0, 0.05) is 19.6 Å². The van der Waals surface area contributed by atoms with Gasteiger partial charge in [-0.3, -0.25) is 4.90 Å².